The fourth-order valence-corrected chi connectivity index (χ4v) is 2.44. The summed E-state index contributed by atoms with van der Waals surface area (Å²) in [6, 6.07) is 10.9. The lowest BCUT2D eigenvalue weighted by atomic mass is 10.0. The molecule has 0 bridgehead atoms. The van der Waals surface area contributed by atoms with Crippen LogP contribution in [0, 0.1) is 13.8 Å². The molecule has 0 unspecified atom stereocenters. The molecule has 0 aliphatic carbocycles. The predicted molar refractivity (Wildman–Crippen MR) is 92.8 cm³/mol. The Labute approximate surface area is 142 Å². The lowest BCUT2D eigenvalue weighted by Gasteiger charge is -2.15. The molecule has 0 fully saturated rings. The van der Waals surface area contributed by atoms with E-state index in [0.29, 0.717) is 22.6 Å². The molecule has 1 amide bonds. The molecule has 24 heavy (non-hydrogen) atoms. The average molecular weight is 329 g/mol. The molecule has 0 saturated carbocycles. The highest BCUT2D eigenvalue weighted by atomic mass is 16.5. The molecule has 0 aliphatic heterocycles. The number of benzene rings is 2. The number of aliphatic hydroxyl groups excluding tert-OH is 1. The van der Waals surface area contributed by atoms with Crippen molar-refractivity contribution in [2.45, 2.75) is 20.0 Å². The van der Waals surface area contributed by atoms with Gasteiger partial charge in [-0.25, -0.2) is 0 Å². The summed E-state index contributed by atoms with van der Waals surface area (Å²) in [5, 5.41) is 13.1. The van der Waals surface area contributed by atoms with Crippen molar-refractivity contribution in [2.24, 2.45) is 0 Å². The van der Waals surface area contributed by atoms with Crippen molar-refractivity contribution in [3.05, 3.63) is 58.7 Å². The number of amides is 1. The summed E-state index contributed by atoms with van der Waals surface area (Å²) >= 11 is 0. The van der Waals surface area contributed by atoms with Crippen LogP contribution in [-0.4, -0.2) is 31.8 Å². The minimum atomic E-state index is -0.834. The van der Waals surface area contributed by atoms with Gasteiger partial charge in [0.15, 0.2) is 11.5 Å². The van der Waals surface area contributed by atoms with E-state index >= 15 is 0 Å². The third kappa shape index (κ3) is 4.06. The standard InChI is InChI=1S/C19H23NO4/c1-12-5-6-13(2)15(9-12)19(22)20-11-16(21)14-7-8-17(23-3)18(10-14)24-4/h5-10,16,21H,11H2,1-4H3,(H,20,22)/t16-/m0/s1. The molecule has 0 spiro atoms. The minimum absolute atomic E-state index is 0.113. The maximum absolute atomic E-state index is 12.3. The van der Waals surface area contributed by atoms with E-state index in [-0.39, 0.29) is 12.5 Å². The molecule has 0 aliphatic rings. The van der Waals surface area contributed by atoms with Crippen molar-refractivity contribution < 1.29 is 19.4 Å². The zero-order valence-electron chi connectivity index (χ0n) is 14.4. The Bertz CT molecular complexity index is 727. The van der Waals surface area contributed by atoms with Crippen molar-refractivity contribution in [3.63, 3.8) is 0 Å². The van der Waals surface area contributed by atoms with Crippen molar-refractivity contribution in [1.29, 1.82) is 0 Å². The van der Waals surface area contributed by atoms with E-state index in [9.17, 15) is 9.90 Å². The molecule has 0 aromatic heterocycles. The zero-order chi connectivity index (χ0) is 17.7. The molecule has 5 heteroatoms. The Hall–Kier alpha value is -2.53. The normalized spacial score (nSPS) is 11.7. The van der Waals surface area contributed by atoms with E-state index in [0.717, 1.165) is 11.1 Å². The fourth-order valence-electron chi connectivity index (χ4n) is 2.44. The van der Waals surface area contributed by atoms with E-state index in [1.165, 1.54) is 7.11 Å². The van der Waals surface area contributed by atoms with Crippen LogP contribution in [0.25, 0.3) is 0 Å². The van der Waals surface area contributed by atoms with Gasteiger partial charge in [0.1, 0.15) is 0 Å². The summed E-state index contributed by atoms with van der Waals surface area (Å²) in [7, 11) is 3.09. The number of aliphatic hydroxyl groups is 1. The second kappa shape index (κ2) is 7.84. The Morgan fingerprint density at radius 3 is 2.46 bits per heavy atom. The molecule has 2 N–H and O–H groups in total. The third-order valence-electron chi connectivity index (χ3n) is 3.89. The molecule has 2 rings (SSSR count). The van der Waals surface area contributed by atoms with Crippen molar-refractivity contribution in [1.82, 2.24) is 5.32 Å². The van der Waals surface area contributed by atoms with E-state index in [4.69, 9.17) is 9.47 Å². The van der Waals surface area contributed by atoms with E-state index < -0.39 is 6.10 Å². The second-order valence-electron chi connectivity index (χ2n) is 5.66. The highest BCUT2D eigenvalue weighted by molar-refractivity contribution is 5.95. The second-order valence-corrected chi connectivity index (χ2v) is 5.66. The van der Waals surface area contributed by atoms with Gasteiger partial charge in [0.05, 0.1) is 20.3 Å². The van der Waals surface area contributed by atoms with Gasteiger partial charge in [-0.2, -0.15) is 0 Å². The minimum Gasteiger partial charge on any atom is -0.493 e. The first-order valence-corrected chi connectivity index (χ1v) is 7.71. The summed E-state index contributed by atoms with van der Waals surface area (Å²) in [6.45, 7) is 3.94. The van der Waals surface area contributed by atoms with Gasteiger partial charge in [0.25, 0.3) is 5.91 Å². The fraction of sp³-hybridized carbons (Fsp3) is 0.316. The first-order chi connectivity index (χ1) is 11.5. The maximum atomic E-state index is 12.3. The Morgan fingerprint density at radius 2 is 1.79 bits per heavy atom. The molecule has 0 saturated heterocycles. The number of methoxy groups -OCH3 is 2. The molecule has 2 aromatic rings. The molecule has 128 valence electrons. The number of ether oxygens (including phenoxy) is 2. The van der Waals surface area contributed by atoms with Gasteiger partial charge in [-0.15, -0.1) is 0 Å². The number of hydrogen-bond acceptors (Lipinski definition) is 4. The SMILES string of the molecule is COc1ccc([C@@H](O)CNC(=O)c2cc(C)ccc2C)cc1OC. The monoisotopic (exact) mass is 329 g/mol. The van der Waals surface area contributed by atoms with Crippen LogP contribution in [0.2, 0.25) is 0 Å². The Morgan fingerprint density at radius 1 is 1.08 bits per heavy atom. The molecular weight excluding hydrogens is 306 g/mol. The van der Waals surface area contributed by atoms with Gasteiger partial charge in [-0.05, 0) is 43.2 Å². The molecule has 2 aromatic carbocycles. The van der Waals surface area contributed by atoms with Crippen LogP contribution in [0.3, 0.4) is 0 Å². The highest BCUT2D eigenvalue weighted by Crippen LogP contribution is 2.29. The van der Waals surface area contributed by atoms with Gasteiger partial charge in [0.2, 0.25) is 0 Å². The summed E-state index contributed by atoms with van der Waals surface area (Å²) in [6.07, 6.45) is -0.834. The third-order valence-corrected chi connectivity index (χ3v) is 3.89. The highest BCUT2D eigenvalue weighted by Gasteiger charge is 2.14. The molecular formula is C19H23NO4. The number of carbonyl (C=O) groups is 1. The number of aryl methyl sites for hydroxylation is 2. The van der Waals surface area contributed by atoms with E-state index in [1.54, 1.807) is 25.3 Å². The van der Waals surface area contributed by atoms with Crippen LogP contribution >= 0.6 is 0 Å². The summed E-state index contributed by atoms with van der Waals surface area (Å²) in [4.78, 5) is 12.3. The Kier molecular flexibility index (Phi) is 5.82. The van der Waals surface area contributed by atoms with Crippen LogP contribution in [0.5, 0.6) is 11.5 Å². The van der Waals surface area contributed by atoms with Gasteiger partial charge >= 0.3 is 0 Å². The number of nitrogens with one attached hydrogen (secondary N) is 1. The quantitative estimate of drug-likeness (QED) is 0.855. The van der Waals surface area contributed by atoms with Crippen molar-refractivity contribution in [3.8, 4) is 11.5 Å². The largest absolute Gasteiger partial charge is 0.493 e. The lowest BCUT2D eigenvalue weighted by molar-refractivity contribution is 0.0915. The van der Waals surface area contributed by atoms with Gasteiger partial charge in [0, 0.05) is 12.1 Å². The van der Waals surface area contributed by atoms with Crippen molar-refractivity contribution in [2.75, 3.05) is 20.8 Å². The number of rotatable bonds is 6. The smallest absolute Gasteiger partial charge is 0.251 e. The molecule has 5 nitrogen and oxygen atoms in total. The van der Waals surface area contributed by atoms with Gasteiger partial charge in [-0.1, -0.05) is 23.8 Å². The van der Waals surface area contributed by atoms with Crippen molar-refractivity contribution >= 4 is 5.91 Å². The van der Waals surface area contributed by atoms with Crippen LogP contribution < -0.4 is 14.8 Å². The molecule has 1 atom stereocenters. The lowest BCUT2D eigenvalue weighted by Crippen LogP contribution is -2.29. The van der Waals surface area contributed by atoms with Crippen LogP contribution in [0.1, 0.15) is 33.2 Å². The number of carbonyl (C=O) groups excluding carboxylic acids is 1. The van der Waals surface area contributed by atoms with E-state index in [1.807, 2.05) is 32.0 Å². The summed E-state index contributed by atoms with van der Waals surface area (Å²) in [5.74, 6) is 0.929. The molecule has 0 heterocycles. The summed E-state index contributed by atoms with van der Waals surface area (Å²) in [5.41, 5.74) is 3.19. The Balaban J connectivity index is 2.06. The summed E-state index contributed by atoms with van der Waals surface area (Å²) < 4.78 is 10.4. The van der Waals surface area contributed by atoms with E-state index in [2.05, 4.69) is 5.32 Å². The molecule has 0 radical (unpaired) electrons. The predicted octanol–water partition coefficient (Wildman–Crippen LogP) is 2.78. The van der Waals surface area contributed by atoms with Gasteiger partial charge < -0.3 is 19.9 Å². The first-order valence-electron chi connectivity index (χ1n) is 7.71. The van der Waals surface area contributed by atoms with Crippen LogP contribution in [0.15, 0.2) is 36.4 Å². The zero-order valence-corrected chi connectivity index (χ0v) is 14.4. The van der Waals surface area contributed by atoms with Crippen LogP contribution in [0.4, 0.5) is 0 Å². The van der Waals surface area contributed by atoms with Gasteiger partial charge in [-0.3, -0.25) is 4.79 Å². The average Bonchev–Trinajstić information content (AvgIpc) is 2.60. The maximum Gasteiger partial charge on any atom is 0.251 e. The topological polar surface area (TPSA) is 67.8 Å². The van der Waals surface area contributed by atoms with Crippen LogP contribution in [-0.2, 0) is 0 Å². The number of hydrogen-bond donors (Lipinski definition) is 2. The first kappa shape index (κ1) is 17.8.